The van der Waals surface area contributed by atoms with Crippen LogP contribution in [0.3, 0.4) is 0 Å². The maximum atomic E-state index is 12.7. The van der Waals surface area contributed by atoms with Crippen LogP contribution in [0.1, 0.15) is 49.1 Å². The molecule has 1 N–H and O–H groups in total. The Balaban J connectivity index is 1.35. The van der Waals surface area contributed by atoms with Crippen LogP contribution < -0.4 is 4.72 Å². The van der Waals surface area contributed by atoms with Crippen molar-refractivity contribution in [1.82, 2.24) is 9.62 Å². The average molecular weight is 441 g/mol. The number of hydrogen-bond acceptors (Lipinski definition) is 4. The molecule has 1 atom stereocenters. The van der Waals surface area contributed by atoms with E-state index in [0.717, 1.165) is 42.2 Å². The van der Waals surface area contributed by atoms with Gasteiger partial charge in [-0.15, -0.1) is 0 Å². The van der Waals surface area contributed by atoms with Gasteiger partial charge in [0.15, 0.2) is 0 Å². The monoisotopic (exact) mass is 440 g/mol. The molecule has 2 aromatic carbocycles. The lowest BCUT2D eigenvalue weighted by molar-refractivity contribution is -0.131. The van der Waals surface area contributed by atoms with Gasteiger partial charge in [-0.1, -0.05) is 24.3 Å². The fraction of sp³-hybridized carbons (Fsp3) is 0.375. The van der Waals surface area contributed by atoms with Crippen molar-refractivity contribution < 1.29 is 17.6 Å². The van der Waals surface area contributed by atoms with Crippen LogP contribution in [0.5, 0.6) is 0 Å². The zero-order valence-electron chi connectivity index (χ0n) is 17.9. The third kappa shape index (κ3) is 4.67. The van der Waals surface area contributed by atoms with Crippen LogP contribution in [0.4, 0.5) is 0 Å². The van der Waals surface area contributed by atoms with Gasteiger partial charge in [0.05, 0.1) is 10.9 Å². The summed E-state index contributed by atoms with van der Waals surface area (Å²) in [6.07, 6.45) is 4.24. The molecule has 3 aromatic rings. The molecule has 31 heavy (non-hydrogen) atoms. The zero-order valence-corrected chi connectivity index (χ0v) is 18.7. The summed E-state index contributed by atoms with van der Waals surface area (Å²) in [5, 5.41) is 0.989. The third-order valence-electron chi connectivity index (χ3n) is 6.09. The first-order chi connectivity index (χ1) is 14.8. The Bertz CT molecular complexity index is 1170. The van der Waals surface area contributed by atoms with E-state index in [1.165, 1.54) is 5.56 Å². The standard InChI is InChI=1S/C24H28N2O4S/c1-17(23-16-20-9-5-6-10-22(20)30-23)26(2)24(27)13-14-25-31(28,29)21-12-11-18-7-3-4-8-19(18)15-21/h5-6,9-12,15-17,25H,3-4,7-8,13-14H2,1-2H3. The van der Waals surface area contributed by atoms with E-state index in [-0.39, 0.29) is 29.8 Å². The van der Waals surface area contributed by atoms with Crippen molar-refractivity contribution in [2.45, 2.75) is 50.0 Å². The topological polar surface area (TPSA) is 79.6 Å². The van der Waals surface area contributed by atoms with Crippen molar-refractivity contribution in [1.29, 1.82) is 0 Å². The minimum Gasteiger partial charge on any atom is -0.459 e. The van der Waals surface area contributed by atoms with Crippen LogP contribution in [0.15, 0.2) is 57.8 Å². The second kappa shape index (κ2) is 8.85. The molecule has 0 radical (unpaired) electrons. The molecule has 0 aliphatic heterocycles. The van der Waals surface area contributed by atoms with Crippen molar-refractivity contribution >= 4 is 26.9 Å². The second-order valence-electron chi connectivity index (χ2n) is 8.15. The number of aryl methyl sites for hydroxylation is 2. The molecule has 1 heterocycles. The third-order valence-corrected chi connectivity index (χ3v) is 7.55. The Morgan fingerprint density at radius 1 is 1.10 bits per heavy atom. The predicted octanol–water partition coefficient (Wildman–Crippen LogP) is 4.20. The molecule has 1 unspecified atom stereocenters. The molecule has 1 amide bonds. The van der Waals surface area contributed by atoms with Crippen LogP contribution in [0.25, 0.3) is 11.0 Å². The number of rotatable bonds is 7. The second-order valence-corrected chi connectivity index (χ2v) is 9.92. The minimum atomic E-state index is -3.64. The van der Waals surface area contributed by atoms with Gasteiger partial charge in [0.25, 0.3) is 0 Å². The number of nitrogens with zero attached hydrogens (tertiary/aromatic N) is 1. The van der Waals surface area contributed by atoms with Crippen molar-refractivity contribution in [3.63, 3.8) is 0 Å². The molecular weight excluding hydrogens is 412 g/mol. The molecule has 6 nitrogen and oxygen atoms in total. The van der Waals surface area contributed by atoms with E-state index in [0.29, 0.717) is 5.76 Å². The normalized spacial score (nSPS) is 14.9. The number of benzene rings is 2. The number of carbonyl (C=O) groups is 1. The maximum Gasteiger partial charge on any atom is 0.240 e. The van der Waals surface area contributed by atoms with Crippen LogP contribution >= 0.6 is 0 Å². The lowest BCUT2D eigenvalue weighted by atomic mass is 9.92. The molecule has 0 saturated heterocycles. The first-order valence-electron chi connectivity index (χ1n) is 10.7. The van der Waals surface area contributed by atoms with Gasteiger partial charge < -0.3 is 9.32 Å². The molecule has 7 heteroatoms. The average Bonchev–Trinajstić information content (AvgIpc) is 3.22. The Morgan fingerprint density at radius 3 is 2.61 bits per heavy atom. The number of hydrogen-bond donors (Lipinski definition) is 1. The Kier molecular flexibility index (Phi) is 6.16. The van der Waals surface area contributed by atoms with E-state index in [2.05, 4.69) is 4.72 Å². The molecule has 1 aliphatic carbocycles. The Labute approximate surface area is 183 Å². The predicted molar refractivity (Wildman–Crippen MR) is 120 cm³/mol. The number of sulfonamides is 1. The van der Waals surface area contributed by atoms with Gasteiger partial charge in [-0.2, -0.15) is 0 Å². The summed E-state index contributed by atoms with van der Waals surface area (Å²) in [5.74, 6) is 0.549. The molecule has 0 spiro atoms. The smallest absolute Gasteiger partial charge is 0.240 e. The summed E-state index contributed by atoms with van der Waals surface area (Å²) in [7, 11) is -1.94. The van der Waals surface area contributed by atoms with Gasteiger partial charge in [-0.25, -0.2) is 13.1 Å². The van der Waals surface area contributed by atoms with Crippen LogP contribution in [0.2, 0.25) is 0 Å². The van der Waals surface area contributed by atoms with Crippen LogP contribution in [0, 0.1) is 0 Å². The Hall–Kier alpha value is -2.64. The summed E-state index contributed by atoms with van der Waals surface area (Å²) >= 11 is 0. The lowest BCUT2D eigenvalue weighted by Crippen LogP contribution is -2.33. The number of fused-ring (bicyclic) bond motifs is 2. The number of nitrogens with one attached hydrogen (secondary N) is 1. The lowest BCUT2D eigenvalue weighted by Gasteiger charge is -2.23. The number of furan rings is 1. The highest BCUT2D eigenvalue weighted by molar-refractivity contribution is 7.89. The zero-order chi connectivity index (χ0) is 22.0. The summed E-state index contributed by atoms with van der Waals surface area (Å²) in [6.45, 7) is 1.95. The van der Waals surface area contributed by atoms with Crippen LogP contribution in [-0.2, 0) is 27.7 Å². The first kappa shape index (κ1) is 21.6. The molecule has 0 fully saturated rings. The molecule has 0 saturated carbocycles. The van der Waals surface area contributed by atoms with Gasteiger partial charge in [0.1, 0.15) is 11.3 Å². The molecular formula is C24H28N2O4S. The number of carbonyl (C=O) groups excluding carboxylic acids is 1. The highest BCUT2D eigenvalue weighted by Gasteiger charge is 2.22. The Morgan fingerprint density at radius 2 is 1.84 bits per heavy atom. The van der Waals surface area contributed by atoms with Crippen LogP contribution in [-0.4, -0.2) is 32.8 Å². The quantitative estimate of drug-likeness (QED) is 0.597. The van der Waals surface area contributed by atoms with Crippen molar-refractivity contribution in [3.8, 4) is 0 Å². The summed E-state index contributed by atoms with van der Waals surface area (Å²) < 4.78 is 33.8. The fourth-order valence-electron chi connectivity index (χ4n) is 4.04. The summed E-state index contributed by atoms with van der Waals surface area (Å²) in [4.78, 5) is 14.5. The van der Waals surface area contributed by atoms with E-state index in [9.17, 15) is 13.2 Å². The van der Waals surface area contributed by atoms with Crippen molar-refractivity contribution in [3.05, 3.63) is 65.4 Å². The highest BCUT2D eigenvalue weighted by atomic mass is 32.2. The van der Waals surface area contributed by atoms with E-state index < -0.39 is 10.0 Å². The highest BCUT2D eigenvalue weighted by Crippen LogP contribution is 2.27. The first-order valence-corrected chi connectivity index (χ1v) is 12.2. The van der Waals surface area contributed by atoms with Gasteiger partial charge in [0, 0.05) is 25.4 Å². The van der Waals surface area contributed by atoms with E-state index in [1.54, 1.807) is 24.1 Å². The van der Waals surface area contributed by atoms with Gasteiger partial charge in [0.2, 0.25) is 15.9 Å². The molecule has 4 rings (SSSR count). The number of para-hydroxylation sites is 1. The van der Waals surface area contributed by atoms with E-state index >= 15 is 0 Å². The van der Waals surface area contributed by atoms with Gasteiger partial charge >= 0.3 is 0 Å². The summed E-state index contributed by atoms with van der Waals surface area (Å²) in [6, 6.07) is 14.7. The minimum absolute atomic E-state index is 0.0510. The summed E-state index contributed by atoms with van der Waals surface area (Å²) in [5.41, 5.74) is 3.13. The number of amides is 1. The SMILES string of the molecule is CC(c1cc2ccccc2o1)N(C)C(=O)CCNS(=O)(=O)c1ccc2c(c1)CCCC2. The van der Waals surface area contributed by atoms with E-state index in [4.69, 9.17) is 4.42 Å². The molecule has 1 aliphatic rings. The van der Waals surface area contributed by atoms with Gasteiger partial charge in [-0.3, -0.25) is 4.79 Å². The molecule has 1 aromatic heterocycles. The molecule has 164 valence electrons. The van der Waals surface area contributed by atoms with E-state index in [1.807, 2.05) is 43.3 Å². The molecule has 0 bridgehead atoms. The largest absolute Gasteiger partial charge is 0.459 e. The van der Waals surface area contributed by atoms with Gasteiger partial charge in [-0.05, 0) is 68.0 Å². The van der Waals surface area contributed by atoms with Crippen molar-refractivity contribution in [2.24, 2.45) is 0 Å². The fourth-order valence-corrected chi connectivity index (χ4v) is 5.13. The maximum absolute atomic E-state index is 12.7. The van der Waals surface area contributed by atoms with Crippen molar-refractivity contribution in [2.75, 3.05) is 13.6 Å².